The normalized spacial score (nSPS) is 10.6. The minimum atomic E-state index is -0.470. The monoisotopic (exact) mass is 274 g/mol. The Labute approximate surface area is 115 Å². The number of esters is 1. The van der Waals surface area contributed by atoms with Crippen molar-refractivity contribution < 1.29 is 18.8 Å². The topological polar surface area (TPSA) is 82.3 Å². The Morgan fingerprint density at radius 1 is 1.25 bits per heavy atom. The first-order chi connectivity index (χ1) is 9.56. The molecule has 2 rings (SSSR count). The summed E-state index contributed by atoms with van der Waals surface area (Å²) in [6, 6.07) is 8.61. The molecule has 2 aromatic rings. The van der Waals surface area contributed by atoms with Crippen molar-refractivity contribution in [2.75, 3.05) is 0 Å². The van der Waals surface area contributed by atoms with Gasteiger partial charge in [-0.25, -0.2) is 0 Å². The number of carbonyl (C=O) groups is 2. The van der Waals surface area contributed by atoms with Crippen molar-refractivity contribution in [1.29, 1.82) is 0 Å². The third-order valence-electron chi connectivity index (χ3n) is 2.37. The van der Waals surface area contributed by atoms with Gasteiger partial charge in [0.05, 0.1) is 6.10 Å². The van der Waals surface area contributed by atoms with E-state index >= 15 is 0 Å². The molecule has 104 valence electrons. The Morgan fingerprint density at radius 2 is 1.95 bits per heavy atom. The van der Waals surface area contributed by atoms with E-state index in [1.54, 1.807) is 44.2 Å². The molecule has 0 spiro atoms. The highest BCUT2D eigenvalue weighted by atomic mass is 16.5. The Hall–Kier alpha value is -2.50. The van der Waals surface area contributed by atoms with Gasteiger partial charge >= 0.3 is 5.97 Å². The maximum Gasteiger partial charge on any atom is 0.315 e. The summed E-state index contributed by atoms with van der Waals surface area (Å²) in [5.41, 5.74) is 0.463. The second-order valence-corrected chi connectivity index (χ2v) is 4.42. The van der Waals surface area contributed by atoms with E-state index in [9.17, 15) is 9.59 Å². The Kier molecular flexibility index (Phi) is 4.24. The third-order valence-corrected chi connectivity index (χ3v) is 2.37. The molecule has 6 heteroatoms. The number of hydrogen-bond donors (Lipinski definition) is 0. The molecule has 0 amide bonds. The van der Waals surface area contributed by atoms with Gasteiger partial charge in [-0.2, -0.15) is 4.98 Å². The molecule has 0 aliphatic rings. The molecule has 0 fully saturated rings. The molecule has 1 heterocycles. The summed E-state index contributed by atoms with van der Waals surface area (Å²) < 4.78 is 9.83. The van der Waals surface area contributed by atoms with E-state index in [1.807, 2.05) is 0 Å². The van der Waals surface area contributed by atoms with Crippen LogP contribution in [0, 0.1) is 0 Å². The lowest BCUT2D eigenvalue weighted by molar-refractivity contribution is -0.146. The van der Waals surface area contributed by atoms with Crippen molar-refractivity contribution in [3.05, 3.63) is 47.6 Å². The van der Waals surface area contributed by atoms with Crippen molar-refractivity contribution in [3.8, 4) is 0 Å². The zero-order valence-corrected chi connectivity index (χ0v) is 11.2. The number of ketones is 1. The number of nitrogens with zero attached hydrogens (tertiary/aromatic N) is 2. The minimum Gasteiger partial charge on any atom is -0.463 e. The van der Waals surface area contributed by atoms with Gasteiger partial charge in [0.15, 0.2) is 0 Å². The van der Waals surface area contributed by atoms with Gasteiger partial charge in [-0.1, -0.05) is 35.5 Å². The first kappa shape index (κ1) is 13.9. The second kappa shape index (κ2) is 6.10. The number of aromatic nitrogens is 2. The van der Waals surface area contributed by atoms with E-state index in [4.69, 9.17) is 9.26 Å². The van der Waals surface area contributed by atoms with Crippen LogP contribution in [0.25, 0.3) is 0 Å². The summed E-state index contributed by atoms with van der Waals surface area (Å²) in [5, 5.41) is 3.58. The quantitative estimate of drug-likeness (QED) is 0.610. The van der Waals surface area contributed by atoms with Crippen molar-refractivity contribution in [2.24, 2.45) is 0 Å². The van der Waals surface area contributed by atoms with Crippen molar-refractivity contribution in [2.45, 2.75) is 26.4 Å². The smallest absolute Gasteiger partial charge is 0.315 e. The van der Waals surface area contributed by atoms with Gasteiger partial charge in [0.25, 0.3) is 0 Å². The van der Waals surface area contributed by atoms with Crippen molar-refractivity contribution >= 4 is 11.8 Å². The molecule has 1 aromatic carbocycles. The molecule has 0 saturated heterocycles. The largest absolute Gasteiger partial charge is 0.463 e. The van der Waals surface area contributed by atoms with Gasteiger partial charge in [0.2, 0.25) is 17.5 Å². The zero-order chi connectivity index (χ0) is 14.5. The first-order valence-electron chi connectivity index (χ1n) is 6.18. The Morgan fingerprint density at radius 3 is 2.60 bits per heavy atom. The standard InChI is InChI=1S/C14H14N2O4/c1-9(2)19-12(17)8-11-15-14(16-20-11)13(18)10-6-4-3-5-7-10/h3-7,9H,8H2,1-2H3. The van der Waals surface area contributed by atoms with Crippen LogP contribution in [-0.4, -0.2) is 28.0 Å². The number of ether oxygens (including phenoxy) is 1. The fourth-order valence-corrected chi connectivity index (χ4v) is 1.57. The van der Waals surface area contributed by atoms with Gasteiger partial charge in [-0.05, 0) is 13.8 Å². The molecule has 0 saturated carbocycles. The maximum atomic E-state index is 12.0. The van der Waals surface area contributed by atoms with Gasteiger partial charge in [0.1, 0.15) is 6.42 Å². The van der Waals surface area contributed by atoms with Gasteiger partial charge < -0.3 is 9.26 Å². The molecule has 0 unspecified atom stereocenters. The van der Waals surface area contributed by atoms with E-state index in [0.29, 0.717) is 5.56 Å². The van der Waals surface area contributed by atoms with Gasteiger partial charge in [-0.3, -0.25) is 9.59 Å². The predicted molar refractivity (Wildman–Crippen MR) is 69.1 cm³/mol. The predicted octanol–water partition coefficient (Wildman–Crippen LogP) is 1.79. The van der Waals surface area contributed by atoms with Crippen LogP contribution in [0.1, 0.15) is 35.9 Å². The molecule has 1 aromatic heterocycles. The van der Waals surface area contributed by atoms with Gasteiger partial charge in [-0.15, -0.1) is 0 Å². The summed E-state index contributed by atoms with van der Waals surface area (Å²) in [4.78, 5) is 27.4. The summed E-state index contributed by atoms with van der Waals surface area (Å²) >= 11 is 0. The summed E-state index contributed by atoms with van der Waals surface area (Å²) in [5.74, 6) is -0.821. The van der Waals surface area contributed by atoms with Crippen LogP contribution < -0.4 is 0 Å². The van der Waals surface area contributed by atoms with Crippen LogP contribution in [0.5, 0.6) is 0 Å². The van der Waals surface area contributed by atoms with E-state index in [1.165, 1.54) is 0 Å². The SMILES string of the molecule is CC(C)OC(=O)Cc1nc(C(=O)c2ccccc2)no1. The second-order valence-electron chi connectivity index (χ2n) is 4.42. The first-order valence-corrected chi connectivity index (χ1v) is 6.18. The van der Waals surface area contributed by atoms with Crippen LogP contribution in [-0.2, 0) is 16.0 Å². The van der Waals surface area contributed by atoms with Crippen LogP contribution in [0.4, 0.5) is 0 Å². The Bertz CT molecular complexity index is 605. The lowest BCUT2D eigenvalue weighted by atomic mass is 10.1. The molecule has 20 heavy (non-hydrogen) atoms. The highest BCUT2D eigenvalue weighted by Crippen LogP contribution is 2.08. The number of hydrogen-bond acceptors (Lipinski definition) is 6. The van der Waals surface area contributed by atoms with Gasteiger partial charge in [0, 0.05) is 5.56 Å². The Balaban J connectivity index is 2.06. The highest BCUT2D eigenvalue weighted by molar-refractivity contribution is 6.06. The van der Waals surface area contributed by atoms with Crippen molar-refractivity contribution in [3.63, 3.8) is 0 Å². The van der Waals surface area contributed by atoms with E-state index < -0.39 is 5.97 Å². The van der Waals surface area contributed by atoms with Crippen LogP contribution in [0.2, 0.25) is 0 Å². The van der Waals surface area contributed by atoms with Crippen LogP contribution in [0.15, 0.2) is 34.9 Å². The average Bonchev–Trinajstić information content (AvgIpc) is 2.86. The van der Waals surface area contributed by atoms with Crippen LogP contribution >= 0.6 is 0 Å². The maximum absolute atomic E-state index is 12.0. The number of rotatable bonds is 5. The zero-order valence-electron chi connectivity index (χ0n) is 11.2. The van der Waals surface area contributed by atoms with E-state index in [-0.39, 0.29) is 30.0 Å². The highest BCUT2D eigenvalue weighted by Gasteiger charge is 2.18. The molecule has 0 radical (unpaired) electrons. The van der Waals surface area contributed by atoms with Crippen molar-refractivity contribution in [1.82, 2.24) is 10.1 Å². The molecule has 6 nitrogen and oxygen atoms in total. The number of benzene rings is 1. The summed E-state index contributed by atoms with van der Waals surface area (Å²) in [7, 11) is 0. The van der Waals surface area contributed by atoms with Crippen LogP contribution in [0.3, 0.4) is 0 Å². The van der Waals surface area contributed by atoms with E-state index in [2.05, 4.69) is 10.1 Å². The summed E-state index contributed by atoms with van der Waals surface area (Å²) in [6.07, 6.45) is -0.358. The van der Waals surface area contributed by atoms with E-state index in [0.717, 1.165) is 0 Å². The lowest BCUT2D eigenvalue weighted by Crippen LogP contribution is -2.14. The summed E-state index contributed by atoms with van der Waals surface area (Å²) in [6.45, 7) is 3.49. The molecule has 0 aliphatic carbocycles. The molecular formula is C14H14N2O4. The number of carbonyl (C=O) groups excluding carboxylic acids is 2. The fourth-order valence-electron chi connectivity index (χ4n) is 1.57. The minimum absolute atomic E-state index is 0.0648. The average molecular weight is 274 g/mol. The lowest BCUT2D eigenvalue weighted by Gasteiger charge is -2.05. The molecule has 0 N–H and O–H groups in total. The fraction of sp³-hybridized carbons (Fsp3) is 0.286. The molecule has 0 bridgehead atoms. The molecule has 0 atom stereocenters. The molecular weight excluding hydrogens is 260 g/mol. The third kappa shape index (κ3) is 3.50. The molecule has 0 aliphatic heterocycles.